The number of carbonyl (C=O) groups excluding carboxylic acids is 1. The second-order valence-corrected chi connectivity index (χ2v) is 7.77. The van der Waals surface area contributed by atoms with E-state index in [4.69, 9.17) is 11.6 Å². The molecule has 1 fully saturated rings. The maximum Gasteiger partial charge on any atom is 0.328 e. The molecule has 0 unspecified atom stereocenters. The van der Waals surface area contributed by atoms with Crippen LogP contribution in [0.2, 0.25) is 5.02 Å². The molecule has 0 radical (unpaired) electrons. The number of aryl methyl sites for hydroxylation is 2. The predicted molar refractivity (Wildman–Crippen MR) is 118 cm³/mol. The number of halogens is 1. The van der Waals surface area contributed by atoms with E-state index in [2.05, 4.69) is 15.5 Å². The molecule has 3 aromatic rings. The smallest absolute Gasteiger partial charge is 0.328 e. The average Bonchev–Trinajstić information content (AvgIpc) is 2.93. The molecule has 1 aliphatic rings. The molecule has 1 aromatic heterocycles. The van der Waals surface area contributed by atoms with E-state index in [1.165, 1.54) is 6.42 Å². The van der Waals surface area contributed by atoms with E-state index in [1.54, 1.807) is 35.4 Å². The molecule has 2 heterocycles. The number of anilines is 3. The van der Waals surface area contributed by atoms with Crippen molar-refractivity contribution in [2.45, 2.75) is 19.3 Å². The summed E-state index contributed by atoms with van der Waals surface area (Å²) in [6.45, 7) is 1.85. The SMILES string of the molecule is Cn1c(=O)n(C)c2cc(N3CCCCC3)c(NC(=O)Nc3ccccc3Cl)cc21. The van der Waals surface area contributed by atoms with Gasteiger partial charge in [0.15, 0.2) is 0 Å². The van der Waals surface area contributed by atoms with Gasteiger partial charge in [0.2, 0.25) is 0 Å². The maximum atomic E-state index is 12.7. The summed E-state index contributed by atoms with van der Waals surface area (Å²) in [5.74, 6) is 0. The first kappa shape index (κ1) is 19.4. The van der Waals surface area contributed by atoms with Crippen molar-refractivity contribution < 1.29 is 4.79 Å². The van der Waals surface area contributed by atoms with Crippen LogP contribution in [0.1, 0.15) is 19.3 Å². The Labute approximate surface area is 173 Å². The fraction of sp³-hybridized carbons (Fsp3) is 0.333. The highest BCUT2D eigenvalue weighted by Gasteiger charge is 2.20. The van der Waals surface area contributed by atoms with Gasteiger partial charge in [0.1, 0.15) is 0 Å². The molecule has 2 N–H and O–H groups in total. The maximum absolute atomic E-state index is 12.7. The van der Waals surface area contributed by atoms with Crippen LogP contribution < -0.4 is 21.2 Å². The van der Waals surface area contributed by atoms with E-state index < -0.39 is 0 Å². The number of nitrogens with one attached hydrogen (secondary N) is 2. The molecule has 8 heteroatoms. The zero-order valence-electron chi connectivity index (χ0n) is 16.5. The topological polar surface area (TPSA) is 71.3 Å². The van der Waals surface area contributed by atoms with Crippen LogP contribution >= 0.6 is 11.6 Å². The lowest BCUT2D eigenvalue weighted by atomic mass is 10.1. The van der Waals surface area contributed by atoms with Gasteiger partial charge in [-0.15, -0.1) is 0 Å². The third-order valence-corrected chi connectivity index (χ3v) is 5.79. The number of benzene rings is 2. The van der Waals surface area contributed by atoms with Crippen molar-refractivity contribution in [2.75, 3.05) is 28.6 Å². The van der Waals surface area contributed by atoms with Crippen molar-refractivity contribution in [1.29, 1.82) is 0 Å². The Morgan fingerprint density at radius 3 is 2.24 bits per heavy atom. The number of fused-ring (bicyclic) bond motifs is 1. The first-order chi connectivity index (χ1) is 14.0. The van der Waals surface area contributed by atoms with Crippen LogP contribution in [0.5, 0.6) is 0 Å². The quantitative estimate of drug-likeness (QED) is 0.677. The zero-order chi connectivity index (χ0) is 20.5. The lowest BCUT2D eigenvalue weighted by Crippen LogP contribution is -2.31. The lowest BCUT2D eigenvalue weighted by molar-refractivity contribution is 0.262. The third-order valence-electron chi connectivity index (χ3n) is 5.46. The summed E-state index contributed by atoms with van der Waals surface area (Å²) in [6, 6.07) is 10.6. The summed E-state index contributed by atoms with van der Waals surface area (Å²) in [6.07, 6.45) is 3.42. The molecule has 7 nitrogen and oxygen atoms in total. The number of hydrogen-bond acceptors (Lipinski definition) is 3. The minimum atomic E-state index is -0.378. The van der Waals surface area contributed by atoms with E-state index in [-0.39, 0.29) is 11.7 Å². The fourth-order valence-electron chi connectivity index (χ4n) is 3.87. The van der Waals surface area contributed by atoms with Crippen molar-refractivity contribution in [3.8, 4) is 0 Å². The van der Waals surface area contributed by atoms with Gasteiger partial charge in [-0.1, -0.05) is 23.7 Å². The average molecular weight is 414 g/mol. The molecule has 1 saturated heterocycles. The van der Waals surface area contributed by atoms with Crippen molar-refractivity contribution in [2.24, 2.45) is 14.1 Å². The Morgan fingerprint density at radius 1 is 0.931 bits per heavy atom. The van der Waals surface area contributed by atoms with E-state index in [1.807, 2.05) is 24.3 Å². The number of carbonyl (C=O) groups is 1. The van der Waals surface area contributed by atoms with E-state index in [9.17, 15) is 9.59 Å². The number of para-hydroxylation sites is 1. The number of urea groups is 1. The molecule has 0 atom stereocenters. The van der Waals surface area contributed by atoms with Crippen molar-refractivity contribution in [1.82, 2.24) is 9.13 Å². The highest BCUT2D eigenvalue weighted by Crippen LogP contribution is 2.33. The van der Waals surface area contributed by atoms with Crippen LogP contribution in [0, 0.1) is 0 Å². The molecule has 0 aliphatic carbocycles. The molecule has 2 aromatic carbocycles. The molecule has 2 amide bonds. The second-order valence-electron chi connectivity index (χ2n) is 7.37. The summed E-state index contributed by atoms with van der Waals surface area (Å²) in [7, 11) is 3.50. The predicted octanol–water partition coefficient (Wildman–Crippen LogP) is 4.16. The zero-order valence-corrected chi connectivity index (χ0v) is 17.3. The Morgan fingerprint density at radius 2 is 1.55 bits per heavy atom. The van der Waals surface area contributed by atoms with Crippen LogP contribution in [0.25, 0.3) is 11.0 Å². The largest absolute Gasteiger partial charge is 0.370 e. The molecule has 0 spiro atoms. The van der Waals surface area contributed by atoms with Crippen LogP contribution in [0.4, 0.5) is 21.9 Å². The van der Waals surface area contributed by atoms with Crippen molar-refractivity contribution in [3.63, 3.8) is 0 Å². The van der Waals surface area contributed by atoms with Gasteiger partial charge in [-0.2, -0.15) is 0 Å². The first-order valence-corrected chi connectivity index (χ1v) is 10.1. The third kappa shape index (κ3) is 3.70. The number of nitrogens with zero attached hydrogens (tertiary/aromatic N) is 3. The number of hydrogen-bond donors (Lipinski definition) is 2. The molecular weight excluding hydrogens is 390 g/mol. The highest BCUT2D eigenvalue weighted by molar-refractivity contribution is 6.33. The van der Waals surface area contributed by atoms with Gasteiger partial charge < -0.3 is 15.5 Å². The van der Waals surface area contributed by atoms with Crippen LogP contribution in [0.15, 0.2) is 41.2 Å². The van der Waals surface area contributed by atoms with Crippen LogP contribution in [0.3, 0.4) is 0 Å². The lowest BCUT2D eigenvalue weighted by Gasteiger charge is -2.30. The summed E-state index contributed by atoms with van der Waals surface area (Å²) in [5, 5.41) is 6.22. The van der Waals surface area contributed by atoms with Gasteiger partial charge in [0, 0.05) is 27.2 Å². The minimum Gasteiger partial charge on any atom is -0.370 e. The summed E-state index contributed by atoms with van der Waals surface area (Å²) < 4.78 is 3.23. The first-order valence-electron chi connectivity index (χ1n) is 9.72. The Balaban J connectivity index is 1.72. The molecule has 4 rings (SSSR count). The summed E-state index contributed by atoms with van der Waals surface area (Å²) in [4.78, 5) is 27.3. The monoisotopic (exact) mass is 413 g/mol. The van der Waals surface area contributed by atoms with Gasteiger partial charge in [0.05, 0.1) is 33.1 Å². The Kier molecular flexibility index (Phi) is 5.24. The Hall–Kier alpha value is -2.93. The number of aromatic nitrogens is 2. The van der Waals surface area contributed by atoms with Gasteiger partial charge in [0.25, 0.3) is 0 Å². The van der Waals surface area contributed by atoms with Crippen LogP contribution in [-0.2, 0) is 14.1 Å². The van der Waals surface area contributed by atoms with Crippen molar-refractivity contribution in [3.05, 3.63) is 51.9 Å². The fourth-order valence-corrected chi connectivity index (χ4v) is 4.05. The second kappa shape index (κ2) is 7.83. The molecule has 0 saturated carbocycles. The van der Waals surface area contributed by atoms with E-state index in [0.717, 1.165) is 42.7 Å². The molecule has 29 heavy (non-hydrogen) atoms. The summed E-state index contributed by atoms with van der Waals surface area (Å²) in [5.41, 5.74) is 3.65. The van der Waals surface area contributed by atoms with Crippen molar-refractivity contribution >= 4 is 45.7 Å². The van der Waals surface area contributed by atoms with Gasteiger partial charge in [-0.05, 0) is 43.5 Å². The van der Waals surface area contributed by atoms with Gasteiger partial charge >= 0.3 is 11.7 Å². The number of imidazole rings is 1. The molecule has 0 bridgehead atoms. The normalized spacial score (nSPS) is 14.2. The van der Waals surface area contributed by atoms with Gasteiger partial charge in [-0.25, -0.2) is 9.59 Å². The highest BCUT2D eigenvalue weighted by atomic mass is 35.5. The van der Waals surface area contributed by atoms with E-state index >= 15 is 0 Å². The van der Waals surface area contributed by atoms with Gasteiger partial charge in [-0.3, -0.25) is 9.13 Å². The standard InChI is InChI=1S/C21H24ClN5O2/c1-25-18-12-16(24-20(28)23-15-9-5-4-8-14(15)22)17(27-10-6-3-7-11-27)13-19(18)26(2)21(25)29/h4-5,8-9,12-13H,3,6-7,10-11H2,1-2H3,(H2,23,24,28). The summed E-state index contributed by atoms with van der Waals surface area (Å²) >= 11 is 6.15. The molecular formula is C21H24ClN5O2. The minimum absolute atomic E-state index is 0.0951. The van der Waals surface area contributed by atoms with E-state index in [0.29, 0.717) is 16.4 Å². The van der Waals surface area contributed by atoms with Crippen LogP contribution in [-0.4, -0.2) is 28.3 Å². The Bertz CT molecular complexity index is 1130. The number of piperidine rings is 1. The number of amides is 2. The molecule has 1 aliphatic heterocycles. The number of rotatable bonds is 3. The molecule has 152 valence electrons.